The number of rotatable bonds is 6. The molecule has 0 saturated heterocycles. The Morgan fingerprint density at radius 2 is 2.21 bits per heavy atom. The first kappa shape index (κ1) is 14.1. The van der Waals surface area contributed by atoms with Gasteiger partial charge in [0, 0.05) is 11.8 Å². The Labute approximate surface area is 114 Å². The number of aromatic amines is 1. The summed E-state index contributed by atoms with van der Waals surface area (Å²) in [6.07, 6.45) is 3.50. The second-order valence-electron chi connectivity index (χ2n) is 6.64. The van der Waals surface area contributed by atoms with Crippen LogP contribution in [0.25, 0.3) is 0 Å². The highest BCUT2D eigenvalue weighted by molar-refractivity contribution is 5.91. The first-order valence-corrected chi connectivity index (χ1v) is 6.97. The Kier molecular flexibility index (Phi) is 4.24. The molecule has 1 aliphatic rings. The Bertz CT molecular complexity index is 429. The molecule has 106 valence electrons. The molecule has 3 N–H and O–H groups in total. The first-order chi connectivity index (χ1) is 8.92. The molecule has 0 bridgehead atoms. The van der Waals surface area contributed by atoms with Crippen LogP contribution < -0.4 is 10.6 Å². The van der Waals surface area contributed by atoms with Crippen LogP contribution in [0.2, 0.25) is 0 Å². The lowest BCUT2D eigenvalue weighted by atomic mass is 9.91. The third kappa shape index (κ3) is 5.42. The van der Waals surface area contributed by atoms with Gasteiger partial charge in [0.1, 0.15) is 0 Å². The largest absolute Gasteiger partial charge is 0.308 e. The van der Waals surface area contributed by atoms with Gasteiger partial charge >= 0.3 is 0 Å². The summed E-state index contributed by atoms with van der Waals surface area (Å²) in [5.74, 6) is 1.36. The third-order valence-corrected chi connectivity index (χ3v) is 3.03. The molecule has 1 aliphatic carbocycles. The fourth-order valence-corrected chi connectivity index (χ4v) is 1.99. The smallest absolute Gasteiger partial charge is 0.239 e. The average Bonchev–Trinajstić information content (AvgIpc) is 2.99. The van der Waals surface area contributed by atoms with E-state index < -0.39 is 0 Å². The molecular weight excluding hydrogens is 240 g/mol. The SMILES string of the molecule is CC(C)(C)Cc1cc(NC(=O)CNCC2CC2)n[nH]1. The summed E-state index contributed by atoms with van der Waals surface area (Å²) in [6.45, 7) is 7.83. The standard InChI is InChI=1S/C14H24N4O/c1-14(2,3)7-11-6-12(18-17-11)16-13(19)9-15-8-10-4-5-10/h6,10,15H,4-5,7-9H2,1-3H3,(H2,16,17,18,19). The van der Waals surface area contributed by atoms with Crippen molar-refractivity contribution in [3.63, 3.8) is 0 Å². The second-order valence-corrected chi connectivity index (χ2v) is 6.64. The number of carbonyl (C=O) groups is 1. The van der Waals surface area contributed by atoms with E-state index in [2.05, 4.69) is 41.6 Å². The van der Waals surface area contributed by atoms with Crippen molar-refractivity contribution in [3.8, 4) is 0 Å². The minimum atomic E-state index is -0.0329. The molecule has 1 aromatic heterocycles. The number of hydrogen-bond acceptors (Lipinski definition) is 3. The zero-order valence-electron chi connectivity index (χ0n) is 12.0. The molecule has 0 atom stereocenters. The van der Waals surface area contributed by atoms with Crippen LogP contribution in [-0.2, 0) is 11.2 Å². The van der Waals surface area contributed by atoms with E-state index in [1.54, 1.807) is 0 Å². The Morgan fingerprint density at radius 3 is 2.84 bits per heavy atom. The molecule has 5 heteroatoms. The quantitative estimate of drug-likeness (QED) is 0.735. The lowest BCUT2D eigenvalue weighted by Crippen LogP contribution is -2.29. The summed E-state index contributed by atoms with van der Waals surface area (Å²) >= 11 is 0. The van der Waals surface area contributed by atoms with E-state index >= 15 is 0 Å². The van der Waals surface area contributed by atoms with Gasteiger partial charge in [0.2, 0.25) is 5.91 Å². The molecule has 19 heavy (non-hydrogen) atoms. The van der Waals surface area contributed by atoms with Crippen LogP contribution in [0.15, 0.2) is 6.07 Å². The molecule has 1 fully saturated rings. The molecule has 0 aliphatic heterocycles. The average molecular weight is 264 g/mol. The number of nitrogens with zero attached hydrogens (tertiary/aromatic N) is 1. The molecule has 1 amide bonds. The van der Waals surface area contributed by atoms with Crippen molar-refractivity contribution >= 4 is 11.7 Å². The highest BCUT2D eigenvalue weighted by Gasteiger charge is 2.20. The molecule has 2 rings (SSSR count). The van der Waals surface area contributed by atoms with Gasteiger partial charge in [0.05, 0.1) is 6.54 Å². The van der Waals surface area contributed by atoms with Gasteiger partial charge in [-0.1, -0.05) is 20.8 Å². The summed E-state index contributed by atoms with van der Waals surface area (Å²) in [6, 6.07) is 1.91. The summed E-state index contributed by atoms with van der Waals surface area (Å²) in [5, 5.41) is 13.0. The molecule has 1 aromatic rings. The van der Waals surface area contributed by atoms with Crippen molar-refractivity contribution in [2.45, 2.75) is 40.0 Å². The molecule has 0 unspecified atom stereocenters. The number of H-pyrrole nitrogens is 1. The van der Waals surface area contributed by atoms with Gasteiger partial charge in [0.15, 0.2) is 5.82 Å². The van der Waals surface area contributed by atoms with Gasteiger partial charge in [-0.25, -0.2) is 0 Å². The van der Waals surface area contributed by atoms with E-state index in [-0.39, 0.29) is 11.3 Å². The molecule has 1 saturated carbocycles. The van der Waals surface area contributed by atoms with Gasteiger partial charge in [-0.15, -0.1) is 0 Å². The number of hydrogen-bond donors (Lipinski definition) is 3. The van der Waals surface area contributed by atoms with E-state index in [0.29, 0.717) is 12.4 Å². The van der Waals surface area contributed by atoms with Crippen LogP contribution in [0.4, 0.5) is 5.82 Å². The van der Waals surface area contributed by atoms with Crippen LogP contribution in [0, 0.1) is 11.3 Å². The van der Waals surface area contributed by atoms with Gasteiger partial charge in [0.25, 0.3) is 0 Å². The number of carbonyl (C=O) groups excluding carboxylic acids is 1. The van der Waals surface area contributed by atoms with Crippen molar-refractivity contribution in [2.75, 3.05) is 18.4 Å². The zero-order valence-corrected chi connectivity index (χ0v) is 12.0. The number of anilines is 1. The Hall–Kier alpha value is -1.36. The van der Waals surface area contributed by atoms with E-state index in [1.165, 1.54) is 12.8 Å². The lowest BCUT2D eigenvalue weighted by molar-refractivity contribution is -0.115. The van der Waals surface area contributed by atoms with Crippen molar-refractivity contribution in [3.05, 3.63) is 11.8 Å². The van der Waals surface area contributed by atoms with E-state index in [0.717, 1.165) is 24.6 Å². The second kappa shape index (κ2) is 5.74. The van der Waals surface area contributed by atoms with Gasteiger partial charge < -0.3 is 10.6 Å². The van der Waals surface area contributed by atoms with Crippen molar-refractivity contribution in [1.82, 2.24) is 15.5 Å². The van der Waals surface area contributed by atoms with Gasteiger partial charge in [-0.05, 0) is 37.1 Å². The van der Waals surface area contributed by atoms with Crippen molar-refractivity contribution in [1.29, 1.82) is 0 Å². The highest BCUT2D eigenvalue weighted by atomic mass is 16.2. The first-order valence-electron chi connectivity index (χ1n) is 6.97. The molecule has 0 aromatic carbocycles. The van der Waals surface area contributed by atoms with E-state index in [1.807, 2.05) is 6.07 Å². The zero-order chi connectivity index (χ0) is 13.9. The third-order valence-electron chi connectivity index (χ3n) is 3.03. The highest BCUT2D eigenvalue weighted by Crippen LogP contribution is 2.27. The van der Waals surface area contributed by atoms with E-state index in [9.17, 15) is 4.79 Å². The lowest BCUT2D eigenvalue weighted by Gasteiger charge is -2.15. The van der Waals surface area contributed by atoms with E-state index in [4.69, 9.17) is 0 Å². The molecule has 0 radical (unpaired) electrons. The molecule has 5 nitrogen and oxygen atoms in total. The maximum Gasteiger partial charge on any atom is 0.239 e. The molecule has 0 spiro atoms. The van der Waals surface area contributed by atoms with Crippen LogP contribution in [0.5, 0.6) is 0 Å². The van der Waals surface area contributed by atoms with Crippen molar-refractivity contribution < 1.29 is 4.79 Å². The Morgan fingerprint density at radius 1 is 1.47 bits per heavy atom. The number of amides is 1. The molecular formula is C14H24N4O. The van der Waals surface area contributed by atoms with Crippen LogP contribution >= 0.6 is 0 Å². The summed E-state index contributed by atoms with van der Waals surface area (Å²) in [7, 11) is 0. The van der Waals surface area contributed by atoms with Crippen LogP contribution in [0.3, 0.4) is 0 Å². The van der Waals surface area contributed by atoms with Gasteiger partial charge in [-0.3, -0.25) is 9.89 Å². The predicted molar refractivity (Wildman–Crippen MR) is 76.0 cm³/mol. The predicted octanol–water partition coefficient (Wildman–Crippen LogP) is 1.94. The minimum Gasteiger partial charge on any atom is -0.308 e. The Balaban J connectivity index is 1.73. The summed E-state index contributed by atoms with van der Waals surface area (Å²) in [5.41, 5.74) is 1.26. The monoisotopic (exact) mass is 264 g/mol. The maximum absolute atomic E-state index is 11.7. The van der Waals surface area contributed by atoms with Crippen molar-refractivity contribution in [2.24, 2.45) is 11.3 Å². The fraction of sp³-hybridized carbons (Fsp3) is 0.714. The molecule has 1 heterocycles. The van der Waals surface area contributed by atoms with Crippen LogP contribution in [-0.4, -0.2) is 29.2 Å². The minimum absolute atomic E-state index is 0.0329. The fourth-order valence-electron chi connectivity index (χ4n) is 1.99. The normalized spacial score (nSPS) is 15.5. The van der Waals surface area contributed by atoms with Gasteiger partial charge in [-0.2, -0.15) is 5.10 Å². The number of nitrogens with one attached hydrogen (secondary N) is 3. The maximum atomic E-state index is 11.7. The number of aromatic nitrogens is 2. The van der Waals surface area contributed by atoms with Crippen LogP contribution in [0.1, 0.15) is 39.3 Å². The summed E-state index contributed by atoms with van der Waals surface area (Å²) in [4.78, 5) is 11.7. The topological polar surface area (TPSA) is 69.8 Å². The summed E-state index contributed by atoms with van der Waals surface area (Å²) < 4.78 is 0.